The number of nitrogens with zero attached hydrogens (tertiary/aromatic N) is 1. The van der Waals surface area contributed by atoms with Crippen LogP contribution in [0.3, 0.4) is 0 Å². The average Bonchev–Trinajstić information content (AvgIpc) is 2.09. The standard InChI is InChI=1S/C18H39N/c1-12-18(10,14-16(5,6)7)19(11)17(8,9)13-15(2,3)4/h12-14H2,1-11H3. The van der Waals surface area contributed by atoms with Crippen LogP contribution in [0.2, 0.25) is 0 Å². The lowest BCUT2D eigenvalue weighted by Crippen LogP contribution is -2.56. The highest BCUT2D eigenvalue weighted by atomic mass is 15.2. The highest BCUT2D eigenvalue weighted by Crippen LogP contribution is 2.40. The molecule has 0 spiro atoms. The summed E-state index contributed by atoms with van der Waals surface area (Å²) in [5.74, 6) is 0. The molecular formula is C18H39N. The second-order valence-corrected chi connectivity index (χ2v) is 9.70. The summed E-state index contributed by atoms with van der Waals surface area (Å²) in [6.07, 6.45) is 3.66. The van der Waals surface area contributed by atoms with Crippen molar-refractivity contribution in [3.05, 3.63) is 0 Å². The Morgan fingerprint density at radius 1 is 0.684 bits per heavy atom. The van der Waals surface area contributed by atoms with Crippen molar-refractivity contribution in [2.24, 2.45) is 10.8 Å². The molecule has 1 unspecified atom stereocenters. The molecule has 0 aromatic rings. The van der Waals surface area contributed by atoms with E-state index in [1.165, 1.54) is 19.3 Å². The van der Waals surface area contributed by atoms with Gasteiger partial charge in [0.2, 0.25) is 0 Å². The van der Waals surface area contributed by atoms with Crippen LogP contribution in [0.4, 0.5) is 0 Å². The van der Waals surface area contributed by atoms with Crippen LogP contribution in [-0.2, 0) is 0 Å². The SMILES string of the molecule is CCC(C)(CC(C)(C)C)N(C)C(C)(C)CC(C)(C)C. The normalized spacial score (nSPS) is 17.7. The number of rotatable bonds is 5. The molecule has 0 saturated heterocycles. The molecule has 0 aliphatic rings. The summed E-state index contributed by atoms with van der Waals surface area (Å²) < 4.78 is 0. The lowest BCUT2D eigenvalue weighted by Gasteiger charge is -2.52. The van der Waals surface area contributed by atoms with Crippen LogP contribution in [0.25, 0.3) is 0 Å². The fourth-order valence-corrected chi connectivity index (χ4v) is 3.77. The predicted molar refractivity (Wildman–Crippen MR) is 88.7 cm³/mol. The van der Waals surface area contributed by atoms with Gasteiger partial charge >= 0.3 is 0 Å². The molecule has 19 heavy (non-hydrogen) atoms. The molecule has 1 atom stereocenters. The Morgan fingerprint density at radius 3 is 1.32 bits per heavy atom. The van der Waals surface area contributed by atoms with Crippen LogP contribution >= 0.6 is 0 Å². The Labute approximate surface area is 123 Å². The van der Waals surface area contributed by atoms with E-state index in [1.54, 1.807) is 0 Å². The van der Waals surface area contributed by atoms with E-state index in [1.807, 2.05) is 0 Å². The van der Waals surface area contributed by atoms with E-state index in [9.17, 15) is 0 Å². The molecule has 1 heteroatoms. The summed E-state index contributed by atoms with van der Waals surface area (Å²) in [6, 6.07) is 0. The monoisotopic (exact) mass is 269 g/mol. The third-order valence-corrected chi connectivity index (χ3v) is 4.35. The largest absolute Gasteiger partial charge is 0.296 e. The second kappa shape index (κ2) is 5.76. The summed E-state index contributed by atoms with van der Waals surface area (Å²) in [6.45, 7) is 23.6. The third kappa shape index (κ3) is 6.29. The first-order valence-corrected chi connectivity index (χ1v) is 7.87. The van der Waals surface area contributed by atoms with Crippen molar-refractivity contribution in [2.75, 3.05) is 7.05 Å². The van der Waals surface area contributed by atoms with E-state index in [0.29, 0.717) is 10.8 Å². The topological polar surface area (TPSA) is 3.24 Å². The molecule has 0 aromatic heterocycles. The fourth-order valence-electron chi connectivity index (χ4n) is 3.77. The van der Waals surface area contributed by atoms with Gasteiger partial charge in [0.15, 0.2) is 0 Å². The zero-order valence-electron chi connectivity index (χ0n) is 15.6. The first-order chi connectivity index (χ1) is 8.13. The quantitative estimate of drug-likeness (QED) is 0.615. The van der Waals surface area contributed by atoms with Gasteiger partial charge in [0.25, 0.3) is 0 Å². The van der Waals surface area contributed by atoms with Crippen LogP contribution in [0.5, 0.6) is 0 Å². The Kier molecular flexibility index (Phi) is 5.74. The Balaban J connectivity index is 5.16. The smallest absolute Gasteiger partial charge is 0.0186 e. The molecule has 0 aliphatic carbocycles. The molecule has 0 radical (unpaired) electrons. The van der Waals surface area contributed by atoms with E-state index in [4.69, 9.17) is 0 Å². The van der Waals surface area contributed by atoms with Crippen molar-refractivity contribution < 1.29 is 0 Å². The van der Waals surface area contributed by atoms with Gasteiger partial charge in [0.1, 0.15) is 0 Å². The summed E-state index contributed by atoms with van der Waals surface area (Å²) in [5.41, 5.74) is 1.24. The van der Waals surface area contributed by atoms with E-state index in [0.717, 1.165) is 0 Å². The minimum Gasteiger partial charge on any atom is -0.296 e. The maximum atomic E-state index is 2.64. The van der Waals surface area contributed by atoms with Crippen molar-refractivity contribution in [1.82, 2.24) is 4.90 Å². The van der Waals surface area contributed by atoms with E-state index in [-0.39, 0.29) is 11.1 Å². The second-order valence-electron chi connectivity index (χ2n) is 9.70. The van der Waals surface area contributed by atoms with Gasteiger partial charge in [-0.25, -0.2) is 0 Å². The molecule has 0 heterocycles. The highest BCUT2D eigenvalue weighted by Gasteiger charge is 2.40. The summed E-state index contributed by atoms with van der Waals surface area (Å²) in [7, 11) is 2.32. The van der Waals surface area contributed by atoms with Crippen LogP contribution in [0.15, 0.2) is 0 Å². The molecule has 0 bridgehead atoms. The maximum Gasteiger partial charge on any atom is 0.0186 e. The molecule has 0 saturated carbocycles. The van der Waals surface area contributed by atoms with Crippen molar-refractivity contribution in [3.8, 4) is 0 Å². The summed E-state index contributed by atoms with van der Waals surface area (Å²) in [4.78, 5) is 2.64. The summed E-state index contributed by atoms with van der Waals surface area (Å²) >= 11 is 0. The van der Waals surface area contributed by atoms with Gasteiger partial charge in [0.05, 0.1) is 0 Å². The lowest BCUT2D eigenvalue weighted by molar-refractivity contribution is -0.0154. The van der Waals surface area contributed by atoms with Gasteiger partial charge in [-0.3, -0.25) is 4.90 Å². The van der Waals surface area contributed by atoms with Crippen molar-refractivity contribution in [1.29, 1.82) is 0 Å². The Morgan fingerprint density at radius 2 is 1.05 bits per heavy atom. The van der Waals surface area contributed by atoms with E-state index < -0.39 is 0 Å². The van der Waals surface area contributed by atoms with Crippen molar-refractivity contribution >= 4 is 0 Å². The molecule has 1 nitrogen and oxygen atoms in total. The summed E-state index contributed by atoms with van der Waals surface area (Å²) in [5, 5.41) is 0. The van der Waals surface area contributed by atoms with Crippen LogP contribution in [-0.4, -0.2) is 23.0 Å². The fraction of sp³-hybridized carbons (Fsp3) is 1.00. The first-order valence-electron chi connectivity index (χ1n) is 7.87. The van der Waals surface area contributed by atoms with E-state index in [2.05, 4.69) is 81.2 Å². The molecule has 0 fully saturated rings. The van der Waals surface area contributed by atoms with Crippen molar-refractivity contribution in [2.45, 2.75) is 99.6 Å². The van der Waals surface area contributed by atoms with Crippen LogP contribution in [0, 0.1) is 10.8 Å². The third-order valence-electron chi connectivity index (χ3n) is 4.35. The number of hydrogen-bond donors (Lipinski definition) is 0. The van der Waals surface area contributed by atoms with Crippen LogP contribution < -0.4 is 0 Å². The van der Waals surface area contributed by atoms with Crippen molar-refractivity contribution in [3.63, 3.8) is 0 Å². The molecule has 0 N–H and O–H groups in total. The minimum absolute atomic E-state index is 0.230. The number of hydrogen-bond acceptors (Lipinski definition) is 1. The Bertz CT molecular complexity index is 277. The highest BCUT2D eigenvalue weighted by molar-refractivity contribution is 4.96. The zero-order chi connectivity index (χ0) is 15.7. The van der Waals surface area contributed by atoms with Gasteiger partial charge in [0, 0.05) is 11.1 Å². The minimum atomic E-state index is 0.230. The Hall–Kier alpha value is -0.0400. The van der Waals surface area contributed by atoms with Gasteiger partial charge in [-0.2, -0.15) is 0 Å². The maximum absolute atomic E-state index is 2.64. The van der Waals surface area contributed by atoms with Gasteiger partial charge in [-0.05, 0) is 57.9 Å². The molecule has 0 rings (SSSR count). The molecular weight excluding hydrogens is 230 g/mol. The first kappa shape index (κ1) is 19.0. The van der Waals surface area contributed by atoms with Gasteiger partial charge < -0.3 is 0 Å². The van der Waals surface area contributed by atoms with Gasteiger partial charge in [-0.15, -0.1) is 0 Å². The van der Waals surface area contributed by atoms with E-state index >= 15 is 0 Å². The van der Waals surface area contributed by atoms with Gasteiger partial charge in [-0.1, -0.05) is 48.5 Å². The van der Waals surface area contributed by atoms with Crippen LogP contribution in [0.1, 0.15) is 88.5 Å². The average molecular weight is 270 g/mol. The molecule has 0 aromatic carbocycles. The zero-order valence-corrected chi connectivity index (χ0v) is 15.6. The molecule has 116 valence electrons. The lowest BCUT2D eigenvalue weighted by atomic mass is 9.74. The predicted octanol–water partition coefficient (Wildman–Crippen LogP) is 5.74. The molecule has 0 aliphatic heterocycles. The molecule has 0 amide bonds.